The number of nitrogens with one attached hydrogen (secondary N) is 1. The van der Waals surface area contributed by atoms with Crippen molar-refractivity contribution in [3.8, 4) is 0 Å². The lowest BCUT2D eigenvalue weighted by molar-refractivity contribution is -0.123. The fourth-order valence-corrected chi connectivity index (χ4v) is 4.34. The minimum absolute atomic E-state index is 0.105. The Morgan fingerprint density at radius 1 is 1.21 bits per heavy atom. The van der Waals surface area contributed by atoms with E-state index in [2.05, 4.69) is 48.3 Å². The van der Waals surface area contributed by atoms with Crippen LogP contribution in [0, 0.1) is 11.8 Å². The maximum atomic E-state index is 12.5. The predicted molar refractivity (Wildman–Crippen MR) is 97.7 cm³/mol. The molecule has 1 aliphatic heterocycles. The quantitative estimate of drug-likeness (QED) is 0.891. The van der Waals surface area contributed by atoms with Gasteiger partial charge in [0.05, 0.1) is 6.54 Å². The Bertz CT molecular complexity index is 547. The first-order valence-electron chi connectivity index (χ1n) is 9.37. The summed E-state index contributed by atoms with van der Waals surface area (Å²) in [5.74, 6) is 1.75. The van der Waals surface area contributed by atoms with Gasteiger partial charge in [-0.1, -0.05) is 57.0 Å². The van der Waals surface area contributed by atoms with Crippen LogP contribution in [0.25, 0.3) is 0 Å². The second-order valence-corrected chi connectivity index (χ2v) is 7.82. The van der Waals surface area contributed by atoms with Gasteiger partial charge >= 0.3 is 0 Å². The summed E-state index contributed by atoms with van der Waals surface area (Å²) in [7, 11) is 0. The fourth-order valence-electron chi connectivity index (χ4n) is 4.34. The smallest absolute Gasteiger partial charge is 0.234 e. The van der Waals surface area contributed by atoms with Crippen LogP contribution < -0.4 is 11.1 Å². The van der Waals surface area contributed by atoms with Crippen LogP contribution in [-0.2, 0) is 4.79 Å². The third-order valence-electron chi connectivity index (χ3n) is 6.09. The summed E-state index contributed by atoms with van der Waals surface area (Å²) in [5, 5.41) is 3.27. The van der Waals surface area contributed by atoms with Gasteiger partial charge in [-0.3, -0.25) is 9.69 Å². The average molecular weight is 329 g/mol. The van der Waals surface area contributed by atoms with Crippen LogP contribution in [0.15, 0.2) is 30.3 Å². The molecular formula is C20H31N3O. The van der Waals surface area contributed by atoms with Crippen LogP contribution in [0.3, 0.4) is 0 Å². The van der Waals surface area contributed by atoms with Crippen LogP contribution in [0.2, 0.25) is 0 Å². The lowest BCUT2D eigenvalue weighted by Crippen LogP contribution is -2.47. The predicted octanol–water partition coefficient (Wildman–Crippen LogP) is 2.35. The van der Waals surface area contributed by atoms with Gasteiger partial charge in [-0.05, 0) is 23.8 Å². The zero-order valence-electron chi connectivity index (χ0n) is 14.9. The molecule has 0 aromatic heterocycles. The van der Waals surface area contributed by atoms with Gasteiger partial charge in [0.1, 0.15) is 0 Å². The molecule has 5 atom stereocenters. The van der Waals surface area contributed by atoms with E-state index in [9.17, 15) is 4.79 Å². The highest BCUT2D eigenvalue weighted by molar-refractivity contribution is 5.78. The topological polar surface area (TPSA) is 58.4 Å². The Morgan fingerprint density at radius 2 is 1.96 bits per heavy atom. The number of benzene rings is 1. The van der Waals surface area contributed by atoms with E-state index in [1.807, 2.05) is 6.07 Å². The van der Waals surface area contributed by atoms with Gasteiger partial charge in [0.25, 0.3) is 0 Å². The molecule has 1 heterocycles. The number of nitrogens with zero attached hydrogens (tertiary/aromatic N) is 1. The molecule has 132 valence electrons. The maximum absolute atomic E-state index is 12.5. The van der Waals surface area contributed by atoms with Crippen molar-refractivity contribution in [2.45, 2.75) is 51.1 Å². The summed E-state index contributed by atoms with van der Waals surface area (Å²) in [6, 6.07) is 10.9. The monoisotopic (exact) mass is 329 g/mol. The second-order valence-electron chi connectivity index (χ2n) is 7.82. The van der Waals surface area contributed by atoms with Crippen molar-refractivity contribution in [3.05, 3.63) is 35.9 Å². The summed E-state index contributed by atoms with van der Waals surface area (Å²) in [5.41, 5.74) is 7.61. The molecule has 0 spiro atoms. The van der Waals surface area contributed by atoms with Crippen molar-refractivity contribution in [1.29, 1.82) is 0 Å². The van der Waals surface area contributed by atoms with Crippen molar-refractivity contribution in [1.82, 2.24) is 10.2 Å². The molecule has 1 aromatic carbocycles. The van der Waals surface area contributed by atoms with Gasteiger partial charge in [-0.25, -0.2) is 0 Å². The first-order valence-corrected chi connectivity index (χ1v) is 9.37. The number of hydrogen-bond acceptors (Lipinski definition) is 3. The summed E-state index contributed by atoms with van der Waals surface area (Å²) in [4.78, 5) is 14.7. The standard InChI is InChI=1S/C20H31N3O/c1-14-7-6-10-19(15(14)2)22-20(24)13-23-11-17(18(21)12-23)16-8-4-3-5-9-16/h3-5,8-9,14-15,17-19H,6-7,10-13,21H2,1-2H3,(H,22,24)/t14?,15?,17-,18+,19?/m0/s1. The Labute approximate surface area is 145 Å². The second kappa shape index (κ2) is 7.66. The molecule has 0 radical (unpaired) electrons. The summed E-state index contributed by atoms with van der Waals surface area (Å²) in [6.45, 7) is 6.70. The van der Waals surface area contributed by atoms with Crippen molar-refractivity contribution in [3.63, 3.8) is 0 Å². The lowest BCUT2D eigenvalue weighted by atomic mass is 9.78. The minimum Gasteiger partial charge on any atom is -0.352 e. The van der Waals surface area contributed by atoms with Crippen LogP contribution in [0.5, 0.6) is 0 Å². The molecule has 3 unspecified atom stereocenters. The van der Waals surface area contributed by atoms with Crippen LogP contribution in [-0.4, -0.2) is 42.5 Å². The lowest BCUT2D eigenvalue weighted by Gasteiger charge is -2.35. The number of nitrogens with two attached hydrogens (primary N) is 1. The van der Waals surface area contributed by atoms with Crippen molar-refractivity contribution in [2.24, 2.45) is 17.6 Å². The molecule has 4 heteroatoms. The molecular weight excluding hydrogens is 298 g/mol. The number of amides is 1. The maximum Gasteiger partial charge on any atom is 0.234 e. The number of carbonyl (C=O) groups is 1. The third kappa shape index (κ3) is 3.98. The number of likely N-dealkylation sites (tertiary alicyclic amines) is 1. The first-order chi connectivity index (χ1) is 11.5. The van der Waals surface area contributed by atoms with Gasteiger partial charge in [-0.2, -0.15) is 0 Å². The van der Waals surface area contributed by atoms with Crippen molar-refractivity contribution < 1.29 is 4.79 Å². The van der Waals surface area contributed by atoms with Crippen molar-refractivity contribution >= 4 is 5.91 Å². The summed E-state index contributed by atoms with van der Waals surface area (Å²) in [6.07, 6.45) is 3.62. The third-order valence-corrected chi connectivity index (χ3v) is 6.09. The van der Waals surface area contributed by atoms with Gasteiger partial charge < -0.3 is 11.1 Å². The van der Waals surface area contributed by atoms with E-state index in [1.165, 1.54) is 18.4 Å². The Hall–Kier alpha value is -1.39. The molecule has 1 saturated heterocycles. The van der Waals surface area contributed by atoms with E-state index in [-0.39, 0.29) is 11.9 Å². The Kier molecular flexibility index (Phi) is 5.57. The summed E-state index contributed by atoms with van der Waals surface area (Å²) >= 11 is 0. The van der Waals surface area contributed by atoms with E-state index >= 15 is 0 Å². The zero-order chi connectivity index (χ0) is 17.1. The highest BCUT2D eigenvalue weighted by Gasteiger charge is 2.33. The molecule has 1 aliphatic carbocycles. The largest absolute Gasteiger partial charge is 0.352 e. The zero-order valence-corrected chi connectivity index (χ0v) is 14.9. The van der Waals surface area contributed by atoms with E-state index < -0.39 is 0 Å². The van der Waals surface area contributed by atoms with Gasteiger partial charge in [0.15, 0.2) is 0 Å². The number of carbonyl (C=O) groups excluding carboxylic acids is 1. The Morgan fingerprint density at radius 3 is 2.71 bits per heavy atom. The number of hydrogen-bond donors (Lipinski definition) is 2. The normalized spacial score (nSPS) is 34.2. The van der Waals surface area contributed by atoms with E-state index in [0.29, 0.717) is 30.3 Å². The molecule has 4 nitrogen and oxygen atoms in total. The molecule has 2 aliphatic rings. The molecule has 3 rings (SSSR count). The molecule has 1 aromatic rings. The molecule has 3 N–H and O–H groups in total. The Balaban J connectivity index is 1.52. The average Bonchev–Trinajstić information content (AvgIpc) is 2.93. The minimum atomic E-state index is 0.105. The van der Waals surface area contributed by atoms with Gasteiger partial charge in [0, 0.05) is 31.1 Å². The highest BCUT2D eigenvalue weighted by Crippen LogP contribution is 2.30. The van der Waals surface area contributed by atoms with Crippen LogP contribution in [0.4, 0.5) is 0 Å². The van der Waals surface area contributed by atoms with Crippen LogP contribution in [0.1, 0.15) is 44.6 Å². The van der Waals surface area contributed by atoms with Gasteiger partial charge in [-0.15, -0.1) is 0 Å². The van der Waals surface area contributed by atoms with Crippen LogP contribution >= 0.6 is 0 Å². The summed E-state index contributed by atoms with van der Waals surface area (Å²) < 4.78 is 0. The fraction of sp³-hybridized carbons (Fsp3) is 0.650. The van der Waals surface area contributed by atoms with Crippen molar-refractivity contribution in [2.75, 3.05) is 19.6 Å². The molecule has 0 bridgehead atoms. The SMILES string of the molecule is CC1CCCC(NC(=O)CN2C[C@@H](N)[C@H](c3ccccc3)C2)C1C. The van der Waals surface area contributed by atoms with Gasteiger partial charge in [0.2, 0.25) is 5.91 Å². The highest BCUT2D eigenvalue weighted by atomic mass is 16.2. The first kappa shape index (κ1) is 17.4. The number of rotatable bonds is 4. The van der Waals surface area contributed by atoms with E-state index in [4.69, 9.17) is 5.73 Å². The van der Waals surface area contributed by atoms with E-state index in [0.717, 1.165) is 19.5 Å². The molecule has 24 heavy (non-hydrogen) atoms. The molecule has 1 saturated carbocycles. The molecule has 2 fully saturated rings. The molecule has 1 amide bonds. The van der Waals surface area contributed by atoms with E-state index in [1.54, 1.807) is 0 Å².